The Kier molecular flexibility index (Phi) is 1.98. The van der Waals surface area contributed by atoms with Crippen LogP contribution in [0.4, 0.5) is 0 Å². The van der Waals surface area contributed by atoms with Gasteiger partial charge in [-0.25, -0.2) is 0 Å². The Morgan fingerprint density at radius 2 is 2.15 bits per heavy atom. The Morgan fingerprint density at radius 1 is 1.38 bits per heavy atom. The molecule has 0 amide bonds. The van der Waals surface area contributed by atoms with Crippen LogP contribution in [0.25, 0.3) is 0 Å². The van der Waals surface area contributed by atoms with Crippen LogP contribution < -0.4 is 0 Å². The van der Waals surface area contributed by atoms with E-state index in [1.165, 1.54) is 25.1 Å². The second-order valence-corrected chi connectivity index (χ2v) is 5.25. The van der Waals surface area contributed by atoms with Crippen LogP contribution in [0.2, 0.25) is 0 Å². The van der Waals surface area contributed by atoms with Crippen LogP contribution in [0, 0.1) is 11.3 Å². The average Bonchev–Trinajstić information content (AvgIpc) is 2.47. The summed E-state index contributed by atoms with van der Waals surface area (Å²) in [5, 5.41) is 0. The van der Waals surface area contributed by atoms with Crippen LogP contribution in [0.3, 0.4) is 0 Å². The van der Waals surface area contributed by atoms with Gasteiger partial charge in [0, 0.05) is 18.4 Å². The van der Waals surface area contributed by atoms with Crippen LogP contribution >= 0.6 is 0 Å². The molecule has 1 aliphatic heterocycles. The largest absolute Gasteiger partial charge is 0.351 e. The van der Waals surface area contributed by atoms with Crippen LogP contribution in [-0.2, 0) is 13.0 Å². The van der Waals surface area contributed by atoms with Gasteiger partial charge in [-0.3, -0.25) is 0 Å². The highest BCUT2D eigenvalue weighted by molar-refractivity contribution is 5.10. The summed E-state index contributed by atoms with van der Waals surface area (Å²) in [4.78, 5) is 0. The Hall–Kier alpha value is -0.720. The molecule has 1 nitrogen and oxygen atoms in total. The average molecular weight is 177 g/mol. The van der Waals surface area contributed by atoms with Gasteiger partial charge in [0.1, 0.15) is 0 Å². The minimum Gasteiger partial charge on any atom is -0.351 e. The Balaban J connectivity index is 2.18. The first-order valence-corrected chi connectivity index (χ1v) is 5.21. The first-order valence-electron chi connectivity index (χ1n) is 5.21. The molecule has 0 aromatic carbocycles. The molecule has 2 heterocycles. The molecule has 1 unspecified atom stereocenters. The smallest absolute Gasteiger partial charge is 0.0255 e. The second-order valence-electron chi connectivity index (χ2n) is 5.25. The van der Waals surface area contributed by atoms with Crippen LogP contribution in [0.1, 0.15) is 32.9 Å². The molecule has 1 aromatic rings. The molecule has 0 aliphatic carbocycles. The number of aryl methyl sites for hydroxylation is 1. The van der Waals surface area contributed by atoms with Crippen LogP contribution in [0.5, 0.6) is 0 Å². The summed E-state index contributed by atoms with van der Waals surface area (Å²) in [5.41, 5.74) is 1.97. The van der Waals surface area contributed by atoms with Gasteiger partial charge < -0.3 is 4.57 Å². The van der Waals surface area contributed by atoms with Gasteiger partial charge in [0.25, 0.3) is 0 Å². The fourth-order valence-corrected chi connectivity index (χ4v) is 2.21. The highest BCUT2D eigenvalue weighted by atomic mass is 15.0. The third-order valence-electron chi connectivity index (χ3n) is 3.31. The van der Waals surface area contributed by atoms with Gasteiger partial charge in [0.05, 0.1) is 0 Å². The van der Waals surface area contributed by atoms with E-state index in [1.54, 1.807) is 0 Å². The number of hydrogen-bond donors (Lipinski definition) is 0. The monoisotopic (exact) mass is 177 g/mol. The van der Waals surface area contributed by atoms with E-state index in [2.05, 4.69) is 43.7 Å². The highest BCUT2D eigenvalue weighted by Crippen LogP contribution is 2.34. The van der Waals surface area contributed by atoms with Gasteiger partial charge in [0.2, 0.25) is 0 Å². The van der Waals surface area contributed by atoms with Gasteiger partial charge in [-0.05, 0) is 36.3 Å². The van der Waals surface area contributed by atoms with Crippen molar-refractivity contribution in [1.82, 2.24) is 4.57 Å². The summed E-state index contributed by atoms with van der Waals surface area (Å²) in [6.07, 6.45) is 4.83. The van der Waals surface area contributed by atoms with Crippen molar-refractivity contribution in [3.63, 3.8) is 0 Å². The van der Waals surface area contributed by atoms with Crippen molar-refractivity contribution in [2.75, 3.05) is 0 Å². The molecule has 13 heavy (non-hydrogen) atoms. The lowest BCUT2D eigenvalue weighted by Crippen LogP contribution is -2.29. The summed E-state index contributed by atoms with van der Waals surface area (Å²) in [6, 6.07) is 4.42. The van der Waals surface area contributed by atoms with Crippen LogP contribution in [0.15, 0.2) is 18.3 Å². The SMILES string of the molecule is CC(C)(C)C1CCc2cccn2C1. The molecule has 0 saturated heterocycles. The summed E-state index contributed by atoms with van der Waals surface area (Å²) in [6.45, 7) is 8.27. The third kappa shape index (κ3) is 1.65. The van der Waals surface area contributed by atoms with E-state index in [-0.39, 0.29) is 0 Å². The van der Waals surface area contributed by atoms with Crippen molar-refractivity contribution in [3.05, 3.63) is 24.0 Å². The van der Waals surface area contributed by atoms with E-state index < -0.39 is 0 Å². The van der Waals surface area contributed by atoms with E-state index in [0.717, 1.165) is 5.92 Å². The van der Waals surface area contributed by atoms with E-state index in [4.69, 9.17) is 0 Å². The molecule has 0 bridgehead atoms. The highest BCUT2D eigenvalue weighted by Gasteiger charge is 2.27. The summed E-state index contributed by atoms with van der Waals surface area (Å²) >= 11 is 0. The summed E-state index contributed by atoms with van der Waals surface area (Å²) in [5.74, 6) is 0.840. The second kappa shape index (κ2) is 2.90. The number of fused-ring (bicyclic) bond motifs is 1. The normalized spacial score (nSPS) is 22.8. The molecular weight excluding hydrogens is 158 g/mol. The van der Waals surface area contributed by atoms with Gasteiger partial charge >= 0.3 is 0 Å². The predicted octanol–water partition coefficient (Wildman–Crippen LogP) is 3.10. The van der Waals surface area contributed by atoms with E-state index in [0.29, 0.717) is 5.41 Å². The molecular formula is C12H19N. The standard InChI is InChI=1S/C12H19N/c1-12(2,3)10-6-7-11-5-4-8-13(11)9-10/h4-5,8,10H,6-7,9H2,1-3H3. The molecule has 0 fully saturated rings. The predicted molar refractivity (Wildman–Crippen MR) is 55.7 cm³/mol. The maximum atomic E-state index is 2.42. The Morgan fingerprint density at radius 3 is 2.85 bits per heavy atom. The van der Waals surface area contributed by atoms with Crippen molar-refractivity contribution < 1.29 is 0 Å². The van der Waals surface area contributed by atoms with Gasteiger partial charge in [-0.2, -0.15) is 0 Å². The molecule has 0 spiro atoms. The minimum absolute atomic E-state index is 0.460. The van der Waals surface area contributed by atoms with Crippen LogP contribution in [-0.4, -0.2) is 4.57 Å². The quantitative estimate of drug-likeness (QED) is 0.574. The minimum atomic E-state index is 0.460. The molecule has 72 valence electrons. The summed E-state index contributed by atoms with van der Waals surface area (Å²) < 4.78 is 2.42. The van der Waals surface area contributed by atoms with E-state index in [9.17, 15) is 0 Å². The van der Waals surface area contributed by atoms with Gasteiger partial charge in [-0.1, -0.05) is 20.8 Å². The van der Waals surface area contributed by atoms with Crippen molar-refractivity contribution in [1.29, 1.82) is 0 Å². The fraction of sp³-hybridized carbons (Fsp3) is 0.667. The topological polar surface area (TPSA) is 4.93 Å². The third-order valence-corrected chi connectivity index (χ3v) is 3.31. The molecule has 0 saturated carbocycles. The number of nitrogens with zero attached hydrogens (tertiary/aromatic N) is 1. The number of rotatable bonds is 0. The molecule has 0 N–H and O–H groups in total. The Labute approximate surface area is 80.8 Å². The Bertz CT molecular complexity index is 290. The van der Waals surface area contributed by atoms with Crippen molar-refractivity contribution in [2.45, 2.75) is 40.2 Å². The maximum absolute atomic E-state index is 2.42. The zero-order chi connectivity index (χ0) is 9.47. The molecule has 1 aromatic heterocycles. The molecule has 0 radical (unpaired) electrons. The zero-order valence-corrected chi connectivity index (χ0v) is 8.88. The molecule has 1 atom stereocenters. The molecule has 1 aliphatic rings. The first-order chi connectivity index (χ1) is 6.07. The van der Waals surface area contributed by atoms with E-state index >= 15 is 0 Å². The zero-order valence-electron chi connectivity index (χ0n) is 8.88. The lowest BCUT2D eigenvalue weighted by atomic mass is 9.76. The number of aromatic nitrogens is 1. The van der Waals surface area contributed by atoms with Gasteiger partial charge in [-0.15, -0.1) is 0 Å². The lowest BCUT2D eigenvalue weighted by molar-refractivity contribution is 0.182. The van der Waals surface area contributed by atoms with E-state index in [1.807, 2.05) is 0 Å². The maximum Gasteiger partial charge on any atom is 0.0255 e. The summed E-state index contributed by atoms with van der Waals surface area (Å²) in [7, 11) is 0. The van der Waals surface area contributed by atoms with Crippen molar-refractivity contribution >= 4 is 0 Å². The number of hydrogen-bond acceptors (Lipinski definition) is 0. The molecule has 1 heteroatoms. The fourth-order valence-electron chi connectivity index (χ4n) is 2.21. The molecule has 2 rings (SSSR count). The van der Waals surface area contributed by atoms with Gasteiger partial charge in [0.15, 0.2) is 0 Å². The lowest BCUT2D eigenvalue weighted by Gasteiger charge is -2.35. The van der Waals surface area contributed by atoms with Crippen molar-refractivity contribution in [2.24, 2.45) is 11.3 Å². The first kappa shape index (κ1) is 8.86. The van der Waals surface area contributed by atoms with Crippen molar-refractivity contribution in [3.8, 4) is 0 Å².